The average Bonchev–Trinajstić information content (AvgIpc) is 3.04. The van der Waals surface area contributed by atoms with Gasteiger partial charge in [0.05, 0.1) is 0 Å². The largest absolute Gasteiger partial charge is 0.308 e. The van der Waals surface area contributed by atoms with E-state index >= 15 is 0 Å². The van der Waals surface area contributed by atoms with Crippen LogP contribution in [0.3, 0.4) is 0 Å². The Morgan fingerprint density at radius 2 is 2.00 bits per heavy atom. The smallest absolute Gasteiger partial charge is 0.0309 e. The fourth-order valence-electron chi connectivity index (χ4n) is 2.73. The maximum Gasteiger partial charge on any atom is 0.0309 e. The summed E-state index contributed by atoms with van der Waals surface area (Å²) in [5.74, 6) is 0.914. The van der Waals surface area contributed by atoms with E-state index in [4.69, 9.17) is 0 Å². The van der Waals surface area contributed by atoms with Crippen LogP contribution in [0.2, 0.25) is 0 Å². The predicted molar refractivity (Wildman–Crippen MR) is 69.6 cm³/mol. The second-order valence-corrected chi connectivity index (χ2v) is 6.31. The summed E-state index contributed by atoms with van der Waals surface area (Å²) in [4.78, 5) is 2.63. The van der Waals surface area contributed by atoms with Gasteiger partial charge in [0.2, 0.25) is 0 Å². The van der Waals surface area contributed by atoms with Gasteiger partial charge in [0.25, 0.3) is 0 Å². The van der Waals surface area contributed by atoms with E-state index in [1.807, 2.05) is 0 Å². The monoisotopic (exact) mass is 222 g/mol. The predicted octanol–water partition coefficient (Wildman–Crippen LogP) is 2.42. The minimum Gasteiger partial charge on any atom is -0.308 e. The number of rotatable bonds is 3. The van der Waals surface area contributed by atoms with Crippen molar-refractivity contribution in [1.29, 1.82) is 0 Å². The fourth-order valence-corrected chi connectivity index (χ4v) is 2.73. The van der Waals surface area contributed by atoms with Crippen molar-refractivity contribution in [2.45, 2.75) is 51.6 Å². The van der Waals surface area contributed by atoms with Gasteiger partial charge in [0.15, 0.2) is 0 Å². The molecule has 0 spiro atoms. The SMILES string of the molecule is C/C=C/CN1CC(C)(C2CC2)NCC1(C)C. The molecule has 0 radical (unpaired) electrons. The molecule has 92 valence electrons. The Morgan fingerprint density at radius 3 is 2.56 bits per heavy atom. The summed E-state index contributed by atoms with van der Waals surface area (Å²) in [6.45, 7) is 12.6. The summed E-state index contributed by atoms with van der Waals surface area (Å²) >= 11 is 0. The molecule has 0 amide bonds. The molecule has 1 saturated carbocycles. The van der Waals surface area contributed by atoms with E-state index in [9.17, 15) is 0 Å². The van der Waals surface area contributed by atoms with Gasteiger partial charge in [-0.3, -0.25) is 4.90 Å². The first-order chi connectivity index (χ1) is 7.48. The van der Waals surface area contributed by atoms with E-state index in [1.54, 1.807) is 0 Å². The second-order valence-electron chi connectivity index (χ2n) is 6.31. The first-order valence-electron chi connectivity index (χ1n) is 6.59. The molecule has 1 aliphatic heterocycles. The van der Waals surface area contributed by atoms with Crippen LogP contribution in [0.25, 0.3) is 0 Å². The van der Waals surface area contributed by atoms with Crippen LogP contribution in [0.1, 0.15) is 40.5 Å². The molecule has 0 bridgehead atoms. The summed E-state index contributed by atoms with van der Waals surface area (Å²) < 4.78 is 0. The average molecular weight is 222 g/mol. The van der Waals surface area contributed by atoms with Gasteiger partial charge in [-0.05, 0) is 46.5 Å². The molecule has 1 atom stereocenters. The third kappa shape index (κ3) is 2.33. The number of nitrogens with zero attached hydrogens (tertiary/aromatic N) is 1. The highest BCUT2D eigenvalue weighted by Crippen LogP contribution is 2.42. The zero-order valence-electron chi connectivity index (χ0n) is 11.2. The Hall–Kier alpha value is -0.340. The summed E-state index contributed by atoms with van der Waals surface area (Å²) in [6.07, 6.45) is 7.27. The fraction of sp³-hybridized carbons (Fsp3) is 0.857. The molecule has 2 rings (SSSR count). The summed E-state index contributed by atoms with van der Waals surface area (Å²) in [7, 11) is 0. The lowest BCUT2D eigenvalue weighted by Gasteiger charge is -2.51. The van der Waals surface area contributed by atoms with Crippen LogP contribution in [0.15, 0.2) is 12.2 Å². The van der Waals surface area contributed by atoms with Crippen molar-refractivity contribution in [2.24, 2.45) is 5.92 Å². The molecule has 16 heavy (non-hydrogen) atoms. The third-order valence-electron chi connectivity index (χ3n) is 4.34. The number of hydrogen-bond acceptors (Lipinski definition) is 2. The Labute approximate surface area is 100 Å². The van der Waals surface area contributed by atoms with E-state index in [-0.39, 0.29) is 5.54 Å². The zero-order valence-corrected chi connectivity index (χ0v) is 11.2. The van der Waals surface area contributed by atoms with Crippen LogP contribution in [-0.4, -0.2) is 35.6 Å². The molecule has 2 fully saturated rings. The molecular weight excluding hydrogens is 196 g/mol. The van der Waals surface area contributed by atoms with Gasteiger partial charge < -0.3 is 5.32 Å². The first-order valence-corrected chi connectivity index (χ1v) is 6.59. The molecule has 2 nitrogen and oxygen atoms in total. The summed E-state index contributed by atoms with van der Waals surface area (Å²) in [6, 6.07) is 0. The van der Waals surface area contributed by atoms with Crippen molar-refractivity contribution < 1.29 is 0 Å². The molecule has 2 heteroatoms. The molecule has 1 saturated heterocycles. The highest BCUT2D eigenvalue weighted by atomic mass is 15.3. The van der Waals surface area contributed by atoms with Crippen molar-refractivity contribution in [1.82, 2.24) is 10.2 Å². The number of hydrogen-bond donors (Lipinski definition) is 1. The lowest BCUT2D eigenvalue weighted by atomic mass is 9.86. The summed E-state index contributed by atoms with van der Waals surface area (Å²) in [5.41, 5.74) is 0.644. The quantitative estimate of drug-likeness (QED) is 0.738. The standard InChI is InChI=1S/C14H26N2/c1-5-6-9-16-11-14(4,12-7-8-12)15-10-13(16,2)3/h5-6,12,15H,7-11H2,1-4H3/b6-5+. The number of piperazine rings is 1. The normalized spacial score (nSPS) is 35.8. The second kappa shape index (κ2) is 4.15. The topological polar surface area (TPSA) is 15.3 Å². The third-order valence-corrected chi connectivity index (χ3v) is 4.34. The zero-order chi connectivity index (χ0) is 11.8. The molecule has 1 unspecified atom stereocenters. The van der Waals surface area contributed by atoms with Crippen LogP contribution in [0.5, 0.6) is 0 Å². The van der Waals surface area contributed by atoms with E-state index in [2.05, 4.69) is 50.1 Å². The minimum atomic E-state index is 0.286. The molecular formula is C14H26N2. The molecule has 1 N–H and O–H groups in total. The van der Waals surface area contributed by atoms with Crippen LogP contribution < -0.4 is 5.32 Å². The van der Waals surface area contributed by atoms with Crippen LogP contribution in [0.4, 0.5) is 0 Å². The molecule has 2 aliphatic rings. The van der Waals surface area contributed by atoms with E-state index in [1.165, 1.54) is 19.4 Å². The Morgan fingerprint density at radius 1 is 1.31 bits per heavy atom. The van der Waals surface area contributed by atoms with Crippen LogP contribution in [-0.2, 0) is 0 Å². The molecule has 1 heterocycles. The molecule has 0 aromatic carbocycles. The highest BCUT2D eigenvalue weighted by Gasteiger charge is 2.47. The lowest BCUT2D eigenvalue weighted by Crippen LogP contribution is -2.67. The van der Waals surface area contributed by atoms with Crippen LogP contribution in [0, 0.1) is 5.92 Å². The van der Waals surface area contributed by atoms with Crippen LogP contribution >= 0.6 is 0 Å². The van der Waals surface area contributed by atoms with Gasteiger partial charge in [-0.1, -0.05) is 12.2 Å². The summed E-state index contributed by atoms with van der Waals surface area (Å²) in [5, 5.41) is 3.79. The highest BCUT2D eigenvalue weighted by molar-refractivity contribution is 5.07. The van der Waals surface area contributed by atoms with Gasteiger partial charge in [-0.25, -0.2) is 0 Å². The molecule has 0 aromatic rings. The van der Waals surface area contributed by atoms with Gasteiger partial charge in [-0.2, -0.15) is 0 Å². The Kier molecular flexibility index (Phi) is 3.15. The van der Waals surface area contributed by atoms with Crippen molar-refractivity contribution in [3.8, 4) is 0 Å². The first kappa shape index (κ1) is 12.1. The number of nitrogens with one attached hydrogen (secondary N) is 1. The van der Waals surface area contributed by atoms with Gasteiger partial charge in [0, 0.05) is 30.7 Å². The number of allylic oxidation sites excluding steroid dienone is 1. The molecule has 0 aromatic heterocycles. The maximum atomic E-state index is 3.79. The van der Waals surface area contributed by atoms with Crippen molar-refractivity contribution in [2.75, 3.05) is 19.6 Å². The Balaban J connectivity index is 2.05. The van der Waals surface area contributed by atoms with Crippen molar-refractivity contribution in [3.63, 3.8) is 0 Å². The van der Waals surface area contributed by atoms with E-state index in [0.717, 1.165) is 19.0 Å². The van der Waals surface area contributed by atoms with Gasteiger partial charge >= 0.3 is 0 Å². The Bertz CT molecular complexity index is 278. The minimum absolute atomic E-state index is 0.286. The van der Waals surface area contributed by atoms with Gasteiger partial charge in [0.1, 0.15) is 0 Å². The van der Waals surface area contributed by atoms with E-state index < -0.39 is 0 Å². The van der Waals surface area contributed by atoms with Gasteiger partial charge in [-0.15, -0.1) is 0 Å². The maximum absolute atomic E-state index is 3.79. The lowest BCUT2D eigenvalue weighted by molar-refractivity contribution is 0.0340. The van der Waals surface area contributed by atoms with Crippen molar-refractivity contribution >= 4 is 0 Å². The van der Waals surface area contributed by atoms with E-state index in [0.29, 0.717) is 5.54 Å². The van der Waals surface area contributed by atoms with Crippen molar-refractivity contribution in [3.05, 3.63) is 12.2 Å². The molecule has 1 aliphatic carbocycles.